The minimum atomic E-state index is -0.213. The third-order valence-corrected chi connectivity index (χ3v) is 5.50. The fourth-order valence-electron chi connectivity index (χ4n) is 4.55. The van der Waals surface area contributed by atoms with E-state index in [1.165, 1.54) is 17.5 Å². The summed E-state index contributed by atoms with van der Waals surface area (Å²) < 4.78 is 0. The topological polar surface area (TPSA) is 43.8 Å². The molecule has 0 radical (unpaired) electrons. The van der Waals surface area contributed by atoms with Crippen LogP contribution in [0.1, 0.15) is 43.2 Å². The molecule has 2 fully saturated rings. The monoisotopic (exact) mass is 300 g/mol. The van der Waals surface area contributed by atoms with Crippen LogP contribution in [0.2, 0.25) is 0 Å². The van der Waals surface area contributed by atoms with Gasteiger partial charge in [-0.25, -0.2) is 0 Å². The van der Waals surface area contributed by atoms with Crippen molar-refractivity contribution in [1.82, 2.24) is 9.80 Å². The number of aliphatic hydroxyl groups is 1. The second kappa shape index (κ2) is 5.67. The highest BCUT2D eigenvalue weighted by Gasteiger charge is 2.40. The van der Waals surface area contributed by atoms with E-state index in [2.05, 4.69) is 34.1 Å². The van der Waals surface area contributed by atoms with Crippen molar-refractivity contribution in [3.05, 3.63) is 35.4 Å². The summed E-state index contributed by atoms with van der Waals surface area (Å²) in [5, 5.41) is 9.97. The van der Waals surface area contributed by atoms with Crippen LogP contribution in [0.25, 0.3) is 0 Å². The van der Waals surface area contributed by atoms with E-state index in [0.717, 1.165) is 38.8 Å². The lowest BCUT2D eigenvalue weighted by Crippen LogP contribution is -2.57. The summed E-state index contributed by atoms with van der Waals surface area (Å²) in [7, 11) is 0. The van der Waals surface area contributed by atoms with Gasteiger partial charge in [-0.05, 0) is 43.2 Å². The summed E-state index contributed by atoms with van der Waals surface area (Å²) in [6, 6.07) is 8.98. The molecule has 118 valence electrons. The maximum atomic E-state index is 12.8. The van der Waals surface area contributed by atoms with E-state index in [1.54, 1.807) is 0 Å². The first kappa shape index (κ1) is 14.2. The van der Waals surface area contributed by atoms with Crippen LogP contribution in [0, 0.1) is 0 Å². The number of nitrogens with zero attached hydrogens (tertiary/aromatic N) is 2. The second-order valence-corrected chi connectivity index (χ2v) is 7.08. The van der Waals surface area contributed by atoms with Crippen LogP contribution in [0.4, 0.5) is 0 Å². The zero-order valence-electron chi connectivity index (χ0n) is 12.9. The molecule has 1 unspecified atom stereocenters. The van der Waals surface area contributed by atoms with Gasteiger partial charge in [0.2, 0.25) is 5.91 Å². The van der Waals surface area contributed by atoms with Gasteiger partial charge in [0.15, 0.2) is 0 Å². The van der Waals surface area contributed by atoms with Crippen molar-refractivity contribution >= 4 is 5.91 Å². The number of carbonyl (C=O) groups excluding carboxylic acids is 1. The molecule has 0 aromatic heterocycles. The molecule has 4 heteroatoms. The lowest BCUT2D eigenvalue weighted by molar-refractivity contribution is -0.145. The molecular weight excluding hydrogens is 276 g/mol. The molecule has 1 N–H and O–H groups in total. The predicted molar refractivity (Wildman–Crippen MR) is 84.1 cm³/mol. The number of hydrogen-bond acceptors (Lipinski definition) is 3. The highest BCUT2D eigenvalue weighted by atomic mass is 16.3. The number of fused-ring (bicyclic) bond motifs is 3. The van der Waals surface area contributed by atoms with E-state index in [0.29, 0.717) is 6.54 Å². The average Bonchev–Trinajstić information content (AvgIpc) is 2.88. The van der Waals surface area contributed by atoms with E-state index < -0.39 is 0 Å². The van der Waals surface area contributed by atoms with Crippen molar-refractivity contribution in [1.29, 1.82) is 0 Å². The molecule has 0 aliphatic carbocycles. The van der Waals surface area contributed by atoms with Gasteiger partial charge in [0.1, 0.15) is 0 Å². The van der Waals surface area contributed by atoms with Gasteiger partial charge in [-0.3, -0.25) is 9.69 Å². The van der Waals surface area contributed by atoms with Crippen molar-refractivity contribution < 1.29 is 9.90 Å². The Hall–Kier alpha value is -1.39. The first-order valence-electron chi connectivity index (χ1n) is 8.49. The Kier molecular flexibility index (Phi) is 3.66. The van der Waals surface area contributed by atoms with Crippen LogP contribution in [-0.4, -0.2) is 45.5 Å². The van der Waals surface area contributed by atoms with Crippen molar-refractivity contribution in [2.75, 3.05) is 6.54 Å². The summed E-state index contributed by atoms with van der Waals surface area (Å²) >= 11 is 0. The molecule has 2 bridgehead atoms. The summed E-state index contributed by atoms with van der Waals surface area (Å²) in [5.74, 6) is 0.259. The molecule has 3 aliphatic heterocycles. The first-order chi connectivity index (χ1) is 10.7. The van der Waals surface area contributed by atoms with Crippen molar-refractivity contribution in [2.45, 2.75) is 63.4 Å². The van der Waals surface area contributed by atoms with E-state index in [-0.39, 0.29) is 24.1 Å². The van der Waals surface area contributed by atoms with Crippen LogP contribution in [0.15, 0.2) is 24.3 Å². The quantitative estimate of drug-likeness (QED) is 0.907. The lowest BCUT2D eigenvalue weighted by atomic mass is 9.83. The molecule has 4 nitrogen and oxygen atoms in total. The summed E-state index contributed by atoms with van der Waals surface area (Å²) in [5.41, 5.74) is 2.70. The maximum absolute atomic E-state index is 12.8. The SMILES string of the molecule is O=C(CN1Cc2ccccc2C1)N1[C@@H]2CCC[C@H]1CC(O)C2. The third-order valence-electron chi connectivity index (χ3n) is 5.50. The molecule has 3 aliphatic rings. The van der Waals surface area contributed by atoms with Crippen molar-refractivity contribution in [3.63, 3.8) is 0 Å². The molecule has 1 aromatic carbocycles. The van der Waals surface area contributed by atoms with Crippen LogP contribution in [0.5, 0.6) is 0 Å². The molecule has 4 rings (SSSR count). The molecule has 3 heterocycles. The summed E-state index contributed by atoms with van der Waals surface area (Å²) in [6.07, 6.45) is 4.63. The summed E-state index contributed by atoms with van der Waals surface area (Å²) in [6.45, 7) is 2.28. The molecule has 2 saturated heterocycles. The van der Waals surface area contributed by atoms with Crippen LogP contribution >= 0.6 is 0 Å². The van der Waals surface area contributed by atoms with Crippen LogP contribution < -0.4 is 0 Å². The number of carbonyl (C=O) groups is 1. The van der Waals surface area contributed by atoms with E-state index in [1.807, 2.05) is 0 Å². The Balaban J connectivity index is 1.43. The molecule has 3 atom stereocenters. The van der Waals surface area contributed by atoms with Crippen LogP contribution in [0.3, 0.4) is 0 Å². The molecular formula is C18H24N2O2. The number of rotatable bonds is 2. The van der Waals surface area contributed by atoms with E-state index in [4.69, 9.17) is 0 Å². The average molecular weight is 300 g/mol. The lowest BCUT2D eigenvalue weighted by Gasteiger charge is -2.48. The van der Waals surface area contributed by atoms with Crippen molar-refractivity contribution in [2.24, 2.45) is 0 Å². The van der Waals surface area contributed by atoms with Gasteiger partial charge >= 0.3 is 0 Å². The number of hydrogen-bond donors (Lipinski definition) is 1. The van der Waals surface area contributed by atoms with Gasteiger partial charge in [0.25, 0.3) is 0 Å². The Morgan fingerprint density at radius 3 is 2.27 bits per heavy atom. The maximum Gasteiger partial charge on any atom is 0.237 e. The minimum absolute atomic E-state index is 0.213. The minimum Gasteiger partial charge on any atom is -0.393 e. The zero-order chi connectivity index (χ0) is 15.1. The molecule has 1 aromatic rings. The number of amides is 1. The largest absolute Gasteiger partial charge is 0.393 e. The number of piperidine rings is 2. The van der Waals surface area contributed by atoms with E-state index in [9.17, 15) is 9.90 Å². The Labute approximate surface area is 131 Å². The first-order valence-corrected chi connectivity index (χ1v) is 8.49. The van der Waals surface area contributed by atoms with Gasteiger partial charge in [-0.2, -0.15) is 0 Å². The highest BCUT2D eigenvalue weighted by molar-refractivity contribution is 5.79. The van der Waals surface area contributed by atoms with Crippen LogP contribution in [-0.2, 0) is 17.9 Å². The standard InChI is InChI=1S/C18H24N2O2/c21-17-8-15-6-3-7-16(9-17)20(15)18(22)12-19-10-13-4-1-2-5-14(13)11-19/h1-2,4-5,15-17,21H,3,6-12H2/t15-,16+,17?. The predicted octanol–water partition coefficient (Wildman–Crippen LogP) is 1.91. The van der Waals surface area contributed by atoms with Crippen molar-refractivity contribution in [3.8, 4) is 0 Å². The third kappa shape index (κ3) is 2.55. The summed E-state index contributed by atoms with van der Waals surface area (Å²) in [4.78, 5) is 17.2. The molecule has 1 amide bonds. The Morgan fingerprint density at radius 1 is 1.09 bits per heavy atom. The fourth-order valence-corrected chi connectivity index (χ4v) is 4.55. The second-order valence-electron chi connectivity index (χ2n) is 7.08. The number of aliphatic hydroxyl groups excluding tert-OH is 1. The molecule has 0 spiro atoms. The van der Waals surface area contributed by atoms with Gasteiger partial charge < -0.3 is 10.0 Å². The molecule has 0 saturated carbocycles. The van der Waals surface area contributed by atoms with E-state index >= 15 is 0 Å². The zero-order valence-corrected chi connectivity index (χ0v) is 12.9. The smallest absolute Gasteiger partial charge is 0.237 e. The normalized spacial score (nSPS) is 31.1. The number of benzene rings is 1. The highest BCUT2D eigenvalue weighted by Crippen LogP contribution is 2.34. The molecule has 22 heavy (non-hydrogen) atoms. The van der Waals surface area contributed by atoms with Gasteiger partial charge in [0, 0.05) is 25.2 Å². The fraction of sp³-hybridized carbons (Fsp3) is 0.611. The van der Waals surface area contributed by atoms with Gasteiger partial charge in [0.05, 0.1) is 12.6 Å². The Bertz CT molecular complexity index is 535. The Morgan fingerprint density at radius 2 is 1.68 bits per heavy atom. The van der Waals surface area contributed by atoms with Gasteiger partial charge in [-0.1, -0.05) is 24.3 Å². The van der Waals surface area contributed by atoms with Gasteiger partial charge in [-0.15, -0.1) is 0 Å².